The second kappa shape index (κ2) is 4.13. The van der Waals surface area contributed by atoms with Crippen molar-refractivity contribution in [3.05, 3.63) is 0 Å². The van der Waals surface area contributed by atoms with E-state index in [2.05, 4.69) is 0 Å². The van der Waals surface area contributed by atoms with Crippen molar-refractivity contribution in [3.63, 3.8) is 0 Å². The van der Waals surface area contributed by atoms with Crippen molar-refractivity contribution < 1.29 is 9.09 Å². The van der Waals surface area contributed by atoms with Gasteiger partial charge in [-0.2, -0.15) is 0 Å². The minimum Gasteiger partial charge on any atom is -0.317 e. The maximum atomic E-state index is 11.5. The van der Waals surface area contributed by atoms with Gasteiger partial charge in [0.2, 0.25) is 0 Å². The van der Waals surface area contributed by atoms with Crippen LogP contribution in [0.1, 0.15) is 34.6 Å². The van der Waals surface area contributed by atoms with E-state index in [4.69, 9.17) is 15.8 Å². The Morgan fingerprint density at radius 1 is 1.42 bits per heavy atom. The second-order valence-corrected chi connectivity index (χ2v) is 8.20. The number of hydrogen-bond donors (Lipinski definition) is 0. The van der Waals surface area contributed by atoms with Gasteiger partial charge >= 0.3 is 0 Å². The van der Waals surface area contributed by atoms with Gasteiger partial charge < -0.3 is 4.52 Å². The molecule has 0 bridgehead atoms. The van der Waals surface area contributed by atoms with E-state index in [0.29, 0.717) is 6.61 Å². The van der Waals surface area contributed by atoms with Crippen LogP contribution >= 0.6 is 18.0 Å². The van der Waals surface area contributed by atoms with Gasteiger partial charge in [-0.05, 0) is 16.7 Å². The Morgan fingerprint density at radius 2 is 1.83 bits per heavy atom. The van der Waals surface area contributed by atoms with Gasteiger partial charge in [-0.25, -0.2) is 0 Å². The molecule has 0 N–H and O–H groups in total. The zero-order chi connectivity index (χ0) is 9.99. The van der Waals surface area contributed by atoms with Crippen molar-refractivity contribution in [1.82, 2.24) is 0 Å². The van der Waals surface area contributed by atoms with Gasteiger partial charge in [0.15, 0.2) is 0 Å². The minimum absolute atomic E-state index is 0.0133. The Morgan fingerprint density at radius 3 is 2.08 bits per heavy atom. The Bertz CT molecular complexity index is 184. The molecule has 0 rings (SSSR count). The molecule has 0 radical (unpaired) electrons. The van der Waals surface area contributed by atoms with E-state index < -0.39 is 6.72 Å². The highest BCUT2D eigenvalue weighted by Gasteiger charge is 2.26. The van der Waals surface area contributed by atoms with E-state index in [1.54, 1.807) is 13.8 Å². The largest absolute Gasteiger partial charge is 0.317 e. The highest BCUT2D eigenvalue weighted by Crippen LogP contribution is 2.57. The van der Waals surface area contributed by atoms with Gasteiger partial charge in [0, 0.05) is 5.66 Å². The molecule has 0 aliphatic carbocycles. The predicted molar refractivity (Wildman–Crippen MR) is 54.0 cm³/mol. The first-order valence-corrected chi connectivity index (χ1v) is 6.69. The molecule has 0 aromatic heterocycles. The predicted octanol–water partition coefficient (Wildman–Crippen LogP) is 3.89. The van der Waals surface area contributed by atoms with Gasteiger partial charge in [-0.1, -0.05) is 34.6 Å². The monoisotopic (exact) mass is 212 g/mol. The molecule has 0 amide bonds. The lowest BCUT2D eigenvalue weighted by Gasteiger charge is -2.22. The lowest BCUT2D eigenvalue weighted by molar-refractivity contribution is 0.203. The van der Waals surface area contributed by atoms with Crippen LogP contribution in [0.5, 0.6) is 0 Å². The maximum absolute atomic E-state index is 11.5. The van der Waals surface area contributed by atoms with Crippen molar-refractivity contribution in [2.75, 3.05) is 6.61 Å². The molecule has 0 aromatic rings. The average molecular weight is 213 g/mol. The summed E-state index contributed by atoms with van der Waals surface area (Å²) in [6, 6.07) is 0. The van der Waals surface area contributed by atoms with Crippen LogP contribution < -0.4 is 0 Å². The lowest BCUT2D eigenvalue weighted by atomic mass is 9.99. The Balaban J connectivity index is 4.02. The molecule has 0 aliphatic heterocycles. The molecule has 1 unspecified atom stereocenters. The summed E-state index contributed by atoms with van der Waals surface area (Å²) in [6.45, 7) is 7.21. The van der Waals surface area contributed by atoms with Crippen LogP contribution in [0.2, 0.25) is 0 Å². The van der Waals surface area contributed by atoms with Gasteiger partial charge in [-0.15, -0.1) is 0 Å². The van der Waals surface area contributed by atoms with E-state index in [0.717, 1.165) is 0 Å². The highest BCUT2D eigenvalue weighted by atomic mass is 35.7. The molecule has 1 atom stereocenters. The summed E-state index contributed by atoms with van der Waals surface area (Å²) in [7, 11) is 0. The second-order valence-electron chi connectivity index (χ2n) is 4.45. The van der Waals surface area contributed by atoms with Gasteiger partial charge in [-0.3, -0.25) is 4.57 Å². The van der Waals surface area contributed by atoms with Crippen molar-refractivity contribution in [1.29, 1.82) is 0 Å². The third kappa shape index (κ3) is 5.18. The summed E-state index contributed by atoms with van der Waals surface area (Å²) < 4.78 is 16.7. The summed E-state index contributed by atoms with van der Waals surface area (Å²) in [5.74, 6) is 0. The van der Waals surface area contributed by atoms with Crippen LogP contribution in [-0.2, 0) is 9.09 Å². The minimum atomic E-state index is -2.89. The molecule has 0 saturated heterocycles. The van der Waals surface area contributed by atoms with Crippen LogP contribution in [0.25, 0.3) is 0 Å². The van der Waals surface area contributed by atoms with Crippen molar-refractivity contribution in [3.8, 4) is 0 Å². The molecule has 2 nitrogen and oxygen atoms in total. The normalized spacial score (nSPS) is 17.9. The first-order valence-electron chi connectivity index (χ1n) is 4.09. The van der Waals surface area contributed by atoms with Crippen molar-refractivity contribution >= 4 is 18.0 Å². The summed E-state index contributed by atoms with van der Waals surface area (Å²) in [5.41, 5.74) is -0.0964. The average Bonchev–Trinajstić information content (AvgIpc) is 1.82. The van der Waals surface area contributed by atoms with Crippen molar-refractivity contribution in [2.24, 2.45) is 5.41 Å². The molecule has 0 spiro atoms. The topological polar surface area (TPSA) is 26.3 Å². The number of hydrogen-bond acceptors (Lipinski definition) is 2. The molecule has 0 heterocycles. The standard InChI is InChI=1S/C8H18ClO2P/c1-7(2)12(9,10)11-6-8(3,4)5/h7H,6H2,1-5H3. The summed E-state index contributed by atoms with van der Waals surface area (Å²) in [6.07, 6.45) is 0. The Kier molecular flexibility index (Phi) is 4.29. The van der Waals surface area contributed by atoms with Gasteiger partial charge in [0.25, 0.3) is 6.72 Å². The van der Waals surface area contributed by atoms with E-state index in [-0.39, 0.29) is 11.1 Å². The molecule has 74 valence electrons. The first-order chi connectivity index (χ1) is 5.15. The SMILES string of the molecule is CC(C)P(=O)(Cl)OCC(C)(C)C. The third-order valence-corrected chi connectivity index (χ3v) is 4.47. The van der Waals surface area contributed by atoms with Gasteiger partial charge in [0.1, 0.15) is 0 Å². The molecule has 0 aliphatic rings. The molecular weight excluding hydrogens is 195 g/mol. The van der Waals surface area contributed by atoms with Crippen LogP contribution in [-0.4, -0.2) is 12.3 Å². The number of rotatable bonds is 3. The smallest absolute Gasteiger partial charge is 0.292 e. The third-order valence-electron chi connectivity index (χ3n) is 1.29. The van der Waals surface area contributed by atoms with E-state index in [1.165, 1.54) is 0 Å². The van der Waals surface area contributed by atoms with E-state index in [9.17, 15) is 4.57 Å². The zero-order valence-corrected chi connectivity index (χ0v) is 10.1. The van der Waals surface area contributed by atoms with Crippen LogP contribution in [0.3, 0.4) is 0 Å². The summed E-state index contributed by atoms with van der Waals surface area (Å²) in [5, 5.41) is 0. The quantitative estimate of drug-likeness (QED) is 0.664. The van der Waals surface area contributed by atoms with Crippen LogP contribution in [0.4, 0.5) is 0 Å². The fourth-order valence-electron chi connectivity index (χ4n) is 0.431. The van der Waals surface area contributed by atoms with Gasteiger partial charge in [0.05, 0.1) is 6.61 Å². The first kappa shape index (κ1) is 12.5. The van der Waals surface area contributed by atoms with Crippen LogP contribution in [0, 0.1) is 5.41 Å². The maximum Gasteiger partial charge on any atom is 0.292 e. The van der Waals surface area contributed by atoms with E-state index >= 15 is 0 Å². The Labute approximate surface area is 79.9 Å². The fourth-order valence-corrected chi connectivity index (χ4v) is 1.44. The zero-order valence-electron chi connectivity index (χ0n) is 8.43. The Hall–Kier alpha value is 0.480. The lowest BCUT2D eigenvalue weighted by Crippen LogP contribution is -2.14. The summed E-state index contributed by atoms with van der Waals surface area (Å²) in [4.78, 5) is 0. The molecule has 0 aromatic carbocycles. The van der Waals surface area contributed by atoms with E-state index in [1.807, 2.05) is 20.8 Å². The number of halogens is 1. The summed E-state index contributed by atoms with van der Waals surface area (Å²) >= 11 is 5.71. The molecule has 0 saturated carbocycles. The fraction of sp³-hybridized carbons (Fsp3) is 1.00. The molecular formula is C8H18ClO2P. The molecule has 0 fully saturated rings. The van der Waals surface area contributed by atoms with Crippen LogP contribution in [0.15, 0.2) is 0 Å². The van der Waals surface area contributed by atoms with Crippen molar-refractivity contribution in [2.45, 2.75) is 40.3 Å². The molecule has 12 heavy (non-hydrogen) atoms. The highest BCUT2D eigenvalue weighted by molar-refractivity contribution is 7.85. The molecule has 4 heteroatoms.